The van der Waals surface area contributed by atoms with Gasteiger partial charge in [-0.3, -0.25) is 9.69 Å². The summed E-state index contributed by atoms with van der Waals surface area (Å²) in [6.07, 6.45) is 3.18. The fourth-order valence-corrected chi connectivity index (χ4v) is 2.77. The summed E-state index contributed by atoms with van der Waals surface area (Å²) in [6.45, 7) is 6.39. The molecule has 1 saturated heterocycles. The minimum atomic E-state index is 0.258. The monoisotopic (exact) mass is 181 g/mol. The normalized spacial score (nSPS) is 38.0. The van der Waals surface area contributed by atoms with Gasteiger partial charge in [0.1, 0.15) is 5.78 Å². The van der Waals surface area contributed by atoms with E-state index < -0.39 is 0 Å². The number of carbonyl (C=O) groups is 1. The lowest BCUT2D eigenvalue weighted by atomic mass is 10.0. The Hall–Kier alpha value is -0.370. The topological polar surface area (TPSA) is 20.3 Å². The number of piperidine rings is 1. The fourth-order valence-electron chi connectivity index (χ4n) is 2.77. The smallest absolute Gasteiger partial charge is 0.149 e. The summed E-state index contributed by atoms with van der Waals surface area (Å²) >= 11 is 0. The van der Waals surface area contributed by atoms with E-state index in [-0.39, 0.29) is 6.04 Å². The van der Waals surface area contributed by atoms with E-state index in [4.69, 9.17) is 0 Å². The summed E-state index contributed by atoms with van der Waals surface area (Å²) < 4.78 is 0. The largest absolute Gasteiger partial charge is 0.298 e. The first-order valence-corrected chi connectivity index (χ1v) is 5.45. The van der Waals surface area contributed by atoms with Crippen molar-refractivity contribution in [2.75, 3.05) is 0 Å². The summed E-state index contributed by atoms with van der Waals surface area (Å²) in [5, 5.41) is 0. The quantitative estimate of drug-likeness (QED) is 0.662. The Labute approximate surface area is 80.3 Å². The number of hydrogen-bond acceptors (Lipinski definition) is 2. The van der Waals surface area contributed by atoms with Gasteiger partial charge in [0.15, 0.2) is 0 Å². The number of Topliss-reactive ketones (excluding diaryl/α,β-unsaturated/α-hetero) is 1. The SMILES string of the molecule is CCC(=O)C1CC2CC2N1C(C)C. The molecule has 0 aromatic carbocycles. The fraction of sp³-hybridized carbons (Fsp3) is 0.909. The maximum absolute atomic E-state index is 11.7. The van der Waals surface area contributed by atoms with Crippen molar-refractivity contribution in [3.05, 3.63) is 0 Å². The highest BCUT2D eigenvalue weighted by Crippen LogP contribution is 2.49. The summed E-state index contributed by atoms with van der Waals surface area (Å²) in [5.41, 5.74) is 0. The highest BCUT2D eigenvalue weighted by Gasteiger charge is 2.54. The Morgan fingerprint density at radius 3 is 2.69 bits per heavy atom. The van der Waals surface area contributed by atoms with Crippen LogP contribution in [0.1, 0.15) is 40.0 Å². The molecule has 0 aromatic rings. The number of fused-ring (bicyclic) bond motifs is 1. The van der Waals surface area contributed by atoms with E-state index in [1.807, 2.05) is 6.92 Å². The van der Waals surface area contributed by atoms with Gasteiger partial charge < -0.3 is 0 Å². The van der Waals surface area contributed by atoms with E-state index >= 15 is 0 Å². The van der Waals surface area contributed by atoms with Gasteiger partial charge in [-0.15, -0.1) is 0 Å². The van der Waals surface area contributed by atoms with Crippen LogP contribution in [-0.4, -0.2) is 28.8 Å². The van der Waals surface area contributed by atoms with Crippen LogP contribution in [0.15, 0.2) is 0 Å². The molecule has 74 valence electrons. The van der Waals surface area contributed by atoms with Gasteiger partial charge in [0.05, 0.1) is 6.04 Å². The molecule has 2 heteroatoms. The molecule has 2 fully saturated rings. The first-order valence-electron chi connectivity index (χ1n) is 5.45. The molecule has 3 unspecified atom stereocenters. The summed E-state index contributed by atoms with van der Waals surface area (Å²) in [5.74, 6) is 1.30. The van der Waals surface area contributed by atoms with Crippen molar-refractivity contribution in [3.63, 3.8) is 0 Å². The predicted molar refractivity (Wildman–Crippen MR) is 52.6 cm³/mol. The first-order chi connectivity index (χ1) is 6.15. The number of hydrogen-bond donors (Lipinski definition) is 0. The Bertz CT molecular complexity index is 224. The third kappa shape index (κ3) is 1.41. The molecule has 1 heterocycles. The maximum Gasteiger partial charge on any atom is 0.149 e. The van der Waals surface area contributed by atoms with Crippen LogP contribution in [0.4, 0.5) is 0 Å². The molecule has 0 bridgehead atoms. The van der Waals surface area contributed by atoms with Gasteiger partial charge in [0.2, 0.25) is 0 Å². The van der Waals surface area contributed by atoms with Crippen molar-refractivity contribution in [2.24, 2.45) is 5.92 Å². The van der Waals surface area contributed by atoms with Gasteiger partial charge in [-0.25, -0.2) is 0 Å². The minimum absolute atomic E-state index is 0.258. The summed E-state index contributed by atoms with van der Waals surface area (Å²) in [7, 11) is 0. The first kappa shape index (κ1) is 9.20. The molecule has 0 N–H and O–H groups in total. The lowest BCUT2D eigenvalue weighted by Crippen LogP contribution is -2.42. The lowest BCUT2D eigenvalue weighted by Gasteiger charge is -2.29. The number of rotatable bonds is 3. The van der Waals surface area contributed by atoms with Crippen LogP contribution < -0.4 is 0 Å². The third-order valence-electron chi connectivity index (χ3n) is 3.47. The highest BCUT2D eigenvalue weighted by atomic mass is 16.1. The average molecular weight is 181 g/mol. The molecule has 2 aliphatic rings. The van der Waals surface area contributed by atoms with Gasteiger partial charge in [0, 0.05) is 18.5 Å². The van der Waals surface area contributed by atoms with Crippen LogP contribution in [0.2, 0.25) is 0 Å². The van der Waals surface area contributed by atoms with Crippen LogP contribution in [0.25, 0.3) is 0 Å². The second-order valence-electron chi connectivity index (χ2n) is 4.68. The number of ketones is 1. The van der Waals surface area contributed by atoms with Gasteiger partial charge in [-0.2, -0.15) is 0 Å². The average Bonchev–Trinajstić information content (AvgIpc) is 2.74. The number of carbonyl (C=O) groups excluding carboxylic acids is 1. The number of nitrogens with zero attached hydrogens (tertiary/aromatic N) is 1. The molecule has 3 atom stereocenters. The predicted octanol–water partition coefficient (Wildman–Crippen LogP) is 1.84. The molecule has 1 aliphatic heterocycles. The van der Waals surface area contributed by atoms with Crippen molar-refractivity contribution < 1.29 is 4.79 Å². The van der Waals surface area contributed by atoms with Crippen LogP contribution >= 0.6 is 0 Å². The minimum Gasteiger partial charge on any atom is -0.298 e. The number of likely N-dealkylation sites (tertiary alicyclic amines) is 1. The molecular formula is C11H19NO. The Morgan fingerprint density at radius 1 is 1.46 bits per heavy atom. The summed E-state index contributed by atoms with van der Waals surface area (Å²) in [6, 6.07) is 1.55. The third-order valence-corrected chi connectivity index (χ3v) is 3.47. The van der Waals surface area contributed by atoms with E-state index in [2.05, 4.69) is 18.7 Å². The highest BCUT2D eigenvalue weighted by molar-refractivity contribution is 5.84. The zero-order chi connectivity index (χ0) is 9.59. The van der Waals surface area contributed by atoms with Crippen LogP contribution in [0, 0.1) is 5.92 Å². The Morgan fingerprint density at radius 2 is 2.15 bits per heavy atom. The summed E-state index contributed by atoms with van der Waals surface area (Å²) in [4.78, 5) is 14.1. The van der Waals surface area contributed by atoms with E-state index in [0.29, 0.717) is 18.2 Å². The van der Waals surface area contributed by atoms with Crippen molar-refractivity contribution in [1.82, 2.24) is 4.90 Å². The Balaban J connectivity index is 2.07. The molecule has 2 rings (SSSR count). The molecule has 0 spiro atoms. The molecule has 1 aliphatic carbocycles. The zero-order valence-corrected chi connectivity index (χ0v) is 8.79. The molecular weight excluding hydrogens is 162 g/mol. The standard InChI is InChI=1S/C11H19NO/c1-4-11(13)10-6-8-5-9(8)12(10)7(2)3/h7-10H,4-6H2,1-3H3. The molecule has 1 saturated carbocycles. The van der Waals surface area contributed by atoms with Crippen LogP contribution in [0.5, 0.6) is 0 Å². The lowest BCUT2D eigenvalue weighted by molar-refractivity contribution is -0.124. The molecule has 0 aromatic heterocycles. The molecule has 0 radical (unpaired) electrons. The Kier molecular flexibility index (Phi) is 2.18. The zero-order valence-electron chi connectivity index (χ0n) is 8.79. The van der Waals surface area contributed by atoms with E-state index in [9.17, 15) is 4.79 Å². The molecule has 2 nitrogen and oxygen atoms in total. The van der Waals surface area contributed by atoms with E-state index in [0.717, 1.165) is 18.4 Å². The van der Waals surface area contributed by atoms with Crippen molar-refractivity contribution in [2.45, 2.75) is 58.2 Å². The second-order valence-corrected chi connectivity index (χ2v) is 4.68. The van der Waals surface area contributed by atoms with Gasteiger partial charge >= 0.3 is 0 Å². The molecule has 0 amide bonds. The van der Waals surface area contributed by atoms with Crippen LogP contribution in [0.3, 0.4) is 0 Å². The van der Waals surface area contributed by atoms with E-state index in [1.54, 1.807) is 0 Å². The van der Waals surface area contributed by atoms with E-state index in [1.165, 1.54) is 6.42 Å². The van der Waals surface area contributed by atoms with Gasteiger partial charge in [-0.05, 0) is 32.6 Å². The maximum atomic E-state index is 11.7. The van der Waals surface area contributed by atoms with Crippen LogP contribution in [-0.2, 0) is 4.79 Å². The van der Waals surface area contributed by atoms with Gasteiger partial charge in [0.25, 0.3) is 0 Å². The second kappa shape index (κ2) is 3.09. The van der Waals surface area contributed by atoms with Crippen molar-refractivity contribution in [1.29, 1.82) is 0 Å². The van der Waals surface area contributed by atoms with Crippen molar-refractivity contribution >= 4 is 5.78 Å². The van der Waals surface area contributed by atoms with Crippen molar-refractivity contribution in [3.8, 4) is 0 Å². The van der Waals surface area contributed by atoms with Gasteiger partial charge in [-0.1, -0.05) is 6.92 Å². The molecule has 13 heavy (non-hydrogen) atoms.